The zero-order chi connectivity index (χ0) is 14.5. The summed E-state index contributed by atoms with van der Waals surface area (Å²) in [6.07, 6.45) is 9.35. The van der Waals surface area contributed by atoms with Crippen molar-refractivity contribution in [2.75, 3.05) is 31.1 Å². The van der Waals surface area contributed by atoms with Crippen LogP contribution in [0.15, 0.2) is 24.3 Å². The van der Waals surface area contributed by atoms with E-state index in [2.05, 4.69) is 41.0 Å². The Morgan fingerprint density at radius 1 is 1.00 bits per heavy atom. The van der Waals surface area contributed by atoms with Crippen LogP contribution in [-0.4, -0.2) is 37.1 Å². The molecule has 2 heteroatoms. The number of nitrogens with zero attached hydrogens (tertiary/aromatic N) is 2. The van der Waals surface area contributed by atoms with Crippen LogP contribution in [0.2, 0.25) is 0 Å². The van der Waals surface area contributed by atoms with E-state index in [0.29, 0.717) is 0 Å². The van der Waals surface area contributed by atoms with E-state index in [1.165, 1.54) is 82.4 Å². The summed E-state index contributed by atoms with van der Waals surface area (Å²) in [5.74, 6) is 0. The number of rotatable bonds is 4. The van der Waals surface area contributed by atoms with Gasteiger partial charge in [-0.15, -0.1) is 0 Å². The van der Waals surface area contributed by atoms with Crippen LogP contribution in [0.3, 0.4) is 0 Å². The normalized spacial score (nSPS) is 23.7. The number of piperidine rings is 1. The molecule has 116 valence electrons. The number of benzene rings is 1. The van der Waals surface area contributed by atoms with E-state index in [1.54, 1.807) is 0 Å². The van der Waals surface area contributed by atoms with Crippen molar-refractivity contribution in [2.24, 2.45) is 0 Å². The van der Waals surface area contributed by atoms with Crippen molar-refractivity contribution < 1.29 is 0 Å². The zero-order valence-corrected chi connectivity index (χ0v) is 13.6. The van der Waals surface area contributed by atoms with E-state index in [4.69, 9.17) is 0 Å². The average Bonchev–Trinajstić information content (AvgIpc) is 2.75. The largest absolute Gasteiger partial charge is 0.370 e. The minimum absolute atomic E-state index is 0.793. The quantitative estimate of drug-likeness (QED) is 0.822. The van der Waals surface area contributed by atoms with Gasteiger partial charge in [-0.1, -0.05) is 31.9 Å². The fourth-order valence-corrected chi connectivity index (χ4v) is 3.86. The molecule has 2 nitrogen and oxygen atoms in total. The molecule has 21 heavy (non-hydrogen) atoms. The van der Waals surface area contributed by atoms with Crippen molar-refractivity contribution in [1.82, 2.24) is 4.90 Å². The van der Waals surface area contributed by atoms with Crippen molar-refractivity contribution in [3.05, 3.63) is 29.8 Å². The van der Waals surface area contributed by atoms with E-state index in [9.17, 15) is 0 Å². The summed E-state index contributed by atoms with van der Waals surface area (Å²) in [6, 6.07) is 10.2. The maximum Gasteiger partial charge on any atom is 0.0366 e. The SMILES string of the molecule is CCCCc1ccc(N2CCCN3CCCCC3C2)cc1. The Labute approximate surface area is 130 Å². The van der Waals surface area contributed by atoms with Gasteiger partial charge in [-0.25, -0.2) is 0 Å². The van der Waals surface area contributed by atoms with E-state index < -0.39 is 0 Å². The highest BCUT2D eigenvalue weighted by atomic mass is 15.2. The van der Waals surface area contributed by atoms with Crippen LogP contribution in [0.1, 0.15) is 51.0 Å². The highest BCUT2D eigenvalue weighted by Crippen LogP contribution is 2.25. The molecular formula is C19H30N2. The molecule has 3 rings (SSSR count). The standard InChI is InChI=1S/C19H30N2/c1-2-3-7-17-9-11-18(12-10-17)21-15-6-14-20-13-5-4-8-19(20)16-21/h9-12,19H,2-8,13-16H2,1H3. The van der Waals surface area contributed by atoms with Gasteiger partial charge in [0.05, 0.1) is 0 Å². The fraction of sp³-hybridized carbons (Fsp3) is 0.684. The fourth-order valence-electron chi connectivity index (χ4n) is 3.86. The molecule has 0 aromatic heterocycles. The smallest absolute Gasteiger partial charge is 0.0366 e. The van der Waals surface area contributed by atoms with E-state index in [1.807, 2.05) is 0 Å². The van der Waals surface area contributed by atoms with E-state index in [-0.39, 0.29) is 0 Å². The van der Waals surface area contributed by atoms with Crippen LogP contribution in [0.4, 0.5) is 5.69 Å². The van der Waals surface area contributed by atoms with Gasteiger partial charge < -0.3 is 4.90 Å². The van der Waals surface area contributed by atoms with Crippen LogP contribution in [0.25, 0.3) is 0 Å². The number of hydrogen-bond donors (Lipinski definition) is 0. The molecule has 0 spiro atoms. The molecule has 0 saturated carbocycles. The Morgan fingerprint density at radius 3 is 2.62 bits per heavy atom. The third-order valence-corrected chi connectivity index (χ3v) is 5.17. The van der Waals surface area contributed by atoms with Gasteiger partial charge in [-0.2, -0.15) is 0 Å². The molecule has 1 atom stereocenters. The third kappa shape index (κ3) is 3.79. The van der Waals surface area contributed by atoms with Gasteiger partial charge in [0.2, 0.25) is 0 Å². The summed E-state index contributed by atoms with van der Waals surface area (Å²) in [5.41, 5.74) is 2.93. The lowest BCUT2D eigenvalue weighted by atomic mass is 10.0. The Hall–Kier alpha value is -1.02. The molecule has 2 heterocycles. The van der Waals surface area contributed by atoms with Gasteiger partial charge in [-0.3, -0.25) is 4.90 Å². The summed E-state index contributed by atoms with van der Waals surface area (Å²) < 4.78 is 0. The lowest BCUT2D eigenvalue weighted by Gasteiger charge is -2.35. The van der Waals surface area contributed by atoms with Crippen LogP contribution in [0.5, 0.6) is 0 Å². The Balaban J connectivity index is 1.65. The minimum Gasteiger partial charge on any atom is -0.370 e. The number of anilines is 1. The van der Waals surface area contributed by atoms with Crippen molar-refractivity contribution in [3.8, 4) is 0 Å². The monoisotopic (exact) mass is 286 g/mol. The highest BCUT2D eigenvalue weighted by molar-refractivity contribution is 5.48. The van der Waals surface area contributed by atoms with Gasteiger partial charge in [0.25, 0.3) is 0 Å². The first-order valence-electron chi connectivity index (χ1n) is 8.95. The number of unbranched alkanes of at least 4 members (excludes halogenated alkanes) is 1. The molecule has 0 bridgehead atoms. The predicted octanol–water partition coefficient (Wildman–Crippen LogP) is 4.09. The number of hydrogen-bond acceptors (Lipinski definition) is 2. The summed E-state index contributed by atoms with van der Waals surface area (Å²) in [6.45, 7) is 7.35. The topological polar surface area (TPSA) is 6.48 Å². The predicted molar refractivity (Wildman–Crippen MR) is 91.1 cm³/mol. The van der Waals surface area contributed by atoms with Crippen molar-refractivity contribution in [3.63, 3.8) is 0 Å². The van der Waals surface area contributed by atoms with Gasteiger partial charge >= 0.3 is 0 Å². The first-order valence-corrected chi connectivity index (χ1v) is 8.95. The molecule has 0 amide bonds. The molecule has 1 aromatic rings. The van der Waals surface area contributed by atoms with Crippen molar-refractivity contribution >= 4 is 5.69 Å². The van der Waals surface area contributed by atoms with Gasteiger partial charge in [0.1, 0.15) is 0 Å². The van der Waals surface area contributed by atoms with Crippen LogP contribution < -0.4 is 4.90 Å². The van der Waals surface area contributed by atoms with Crippen LogP contribution in [-0.2, 0) is 6.42 Å². The number of fused-ring (bicyclic) bond motifs is 1. The van der Waals surface area contributed by atoms with Gasteiger partial charge in [0, 0.05) is 31.4 Å². The lowest BCUT2D eigenvalue weighted by Crippen LogP contribution is -2.44. The maximum absolute atomic E-state index is 2.74. The molecule has 1 aromatic carbocycles. The third-order valence-electron chi connectivity index (χ3n) is 5.17. The summed E-state index contributed by atoms with van der Waals surface area (Å²) in [7, 11) is 0. The Bertz CT molecular complexity index is 426. The molecule has 0 N–H and O–H groups in total. The second-order valence-electron chi connectivity index (χ2n) is 6.76. The molecule has 1 unspecified atom stereocenters. The molecule has 0 aliphatic carbocycles. The van der Waals surface area contributed by atoms with Crippen molar-refractivity contribution in [1.29, 1.82) is 0 Å². The summed E-state index contributed by atoms with van der Waals surface area (Å²) in [4.78, 5) is 5.36. The molecule has 2 aliphatic rings. The lowest BCUT2D eigenvalue weighted by molar-refractivity contribution is 0.162. The molecular weight excluding hydrogens is 256 g/mol. The van der Waals surface area contributed by atoms with Gasteiger partial charge in [0.15, 0.2) is 0 Å². The van der Waals surface area contributed by atoms with Crippen LogP contribution in [0, 0.1) is 0 Å². The molecule has 2 fully saturated rings. The maximum atomic E-state index is 2.74. The van der Waals surface area contributed by atoms with E-state index >= 15 is 0 Å². The zero-order valence-electron chi connectivity index (χ0n) is 13.6. The highest BCUT2D eigenvalue weighted by Gasteiger charge is 2.26. The van der Waals surface area contributed by atoms with E-state index in [0.717, 1.165) is 6.04 Å². The molecule has 2 saturated heterocycles. The molecule has 2 aliphatic heterocycles. The number of aryl methyl sites for hydroxylation is 1. The first-order chi connectivity index (χ1) is 10.4. The summed E-state index contributed by atoms with van der Waals surface area (Å²) >= 11 is 0. The molecule has 0 radical (unpaired) electrons. The Morgan fingerprint density at radius 2 is 1.81 bits per heavy atom. The van der Waals surface area contributed by atoms with Crippen molar-refractivity contribution in [2.45, 2.75) is 57.9 Å². The average molecular weight is 286 g/mol. The Kier molecular flexibility index (Phi) is 5.18. The first kappa shape index (κ1) is 14.9. The minimum atomic E-state index is 0.793. The second kappa shape index (κ2) is 7.31. The van der Waals surface area contributed by atoms with Crippen LogP contribution >= 0.6 is 0 Å². The second-order valence-corrected chi connectivity index (χ2v) is 6.76. The van der Waals surface area contributed by atoms with Gasteiger partial charge in [-0.05, 0) is 56.3 Å². The summed E-state index contributed by atoms with van der Waals surface area (Å²) in [5, 5.41) is 0.